The van der Waals surface area contributed by atoms with Crippen LogP contribution in [0.3, 0.4) is 0 Å². The number of benzene rings is 2. The highest BCUT2D eigenvalue weighted by Gasteiger charge is 2.25. The molecule has 0 bridgehead atoms. The molecule has 0 atom stereocenters. The quantitative estimate of drug-likeness (QED) is 0.355. The molecule has 1 aliphatic carbocycles. The SMILES string of the molecule is COc1cc(F)c(-c2nc3scc(C4=CC=CCC4)n3c2Nc2ccc(F)cc2)c(F)c1. The first-order valence-electron chi connectivity index (χ1n) is 9.97. The van der Waals surface area contributed by atoms with Crippen LogP contribution >= 0.6 is 11.3 Å². The van der Waals surface area contributed by atoms with Gasteiger partial charge in [-0.3, -0.25) is 4.40 Å². The van der Waals surface area contributed by atoms with Crippen LogP contribution in [0.5, 0.6) is 5.75 Å². The van der Waals surface area contributed by atoms with Crippen molar-refractivity contribution in [1.82, 2.24) is 9.38 Å². The summed E-state index contributed by atoms with van der Waals surface area (Å²) in [7, 11) is 1.35. The topological polar surface area (TPSA) is 38.6 Å². The number of thiazole rings is 1. The maximum atomic E-state index is 15.0. The van der Waals surface area contributed by atoms with Crippen molar-refractivity contribution in [3.8, 4) is 17.0 Å². The highest BCUT2D eigenvalue weighted by atomic mass is 32.1. The second kappa shape index (κ2) is 8.20. The predicted octanol–water partition coefficient (Wildman–Crippen LogP) is 6.97. The van der Waals surface area contributed by atoms with Gasteiger partial charge in [-0.2, -0.15) is 0 Å². The van der Waals surface area contributed by atoms with E-state index >= 15 is 0 Å². The van der Waals surface area contributed by atoms with Crippen LogP contribution < -0.4 is 10.1 Å². The Morgan fingerprint density at radius 3 is 2.50 bits per heavy atom. The van der Waals surface area contributed by atoms with Gasteiger partial charge in [-0.1, -0.05) is 18.2 Å². The Bertz CT molecular complexity index is 1350. The zero-order valence-electron chi connectivity index (χ0n) is 17.0. The van der Waals surface area contributed by atoms with Gasteiger partial charge in [0, 0.05) is 23.2 Å². The van der Waals surface area contributed by atoms with Gasteiger partial charge in [0.15, 0.2) is 4.96 Å². The van der Waals surface area contributed by atoms with E-state index in [1.165, 1.54) is 30.6 Å². The number of ether oxygens (including phenoxy) is 1. The Labute approximate surface area is 186 Å². The molecule has 0 spiro atoms. The van der Waals surface area contributed by atoms with Crippen LogP contribution in [0.4, 0.5) is 24.7 Å². The molecule has 5 rings (SSSR count). The lowest BCUT2D eigenvalue weighted by Crippen LogP contribution is -2.02. The van der Waals surface area contributed by atoms with Crippen LogP contribution in [0.1, 0.15) is 18.5 Å². The number of methoxy groups -OCH3 is 1. The van der Waals surface area contributed by atoms with Crippen LogP contribution in [-0.4, -0.2) is 16.5 Å². The summed E-state index contributed by atoms with van der Waals surface area (Å²) in [6.07, 6.45) is 7.87. The molecule has 4 aromatic rings. The molecule has 32 heavy (non-hydrogen) atoms. The fraction of sp³-hybridized carbons (Fsp3) is 0.125. The zero-order valence-corrected chi connectivity index (χ0v) is 17.8. The number of anilines is 2. The number of hydrogen-bond acceptors (Lipinski definition) is 4. The van der Waals surface area contributed by atoms with E-state index < -0.39 is 11.6 Å². The first-order valence-corrected chi connectivity index (χ1v) is 10.8. The number of nitrogens with one attached hydrogen (secondary N) is 1. The highest BCUT2D eigenvalue weighted by Crippen LogP contribution is 2.40. The first-order chi connectivity index (χ1) is 15.5. The maximum Gasteiger partial charge on any atom is 0.196 e. The summed E-state index contributed by atoms with van der Waals surface area (Å²) < 4.78 is 50.2. The van der Waals surface area contributed by atoms with Gasteiger partial charge >= 0.3 is 0 Å². The number of nitrogens with zero attached hydrogens (tertiary/aromatic N) is 2. The number of fused-ring (bicyclic) bond motifs is 1. The number of hydrogen-bond donors (Lipinski definition) is 1. The molecule has 2 heterocycles. The van der Waals surface area contributed by atoms with E-state index in [2.05, 4.69) is 16.4 Å². The lowest BCUT2D eigenvalue weighted by atomic mass is 10.0. The Kier molecular flexibility index (Phi) is 5.22. The summed E-state index contributed by atoms with van der Waals surface area (Å²) in [5.74, 6) is -1.46. The maximum absolute atomic E-state index is 15.0. The lowest BCUT2D eigenvalue weighted by molar-refractivity contribution is 0.407. The molecule has 0 saturated heterocycles. The summed E-state index contributed by atoms with van der Waals surface area (Å²) in [6.45, 7) is 0. The van der Waals surface area contributed by atoms with E-state index in [4.69, 9.17) is 4.74 Å². The van der Waals surface area contributed by atoms with Gasteiger partial charge in [0.25, 0.3) is 0 Å². The first kappa shape index (κ1) is 20.4. The van der Waals surface area contributed by atoms with E-state index in [0.717, 1.165) is 36.2 Å². The third-order valence-electron chi connectivity index (χ3n) is 5.30. The van der Waals surface area contributed by atoms with Crippen LogP contribution in [0.2, 0.25) is 0 Å². The Hall–Kier alpha value is -3.52. The van der Waals surface area contributed by atoms with Crippen molar-refractivity contribution < 1.29 is 17.9 Å². The fourth-order valence-electron chi connectivity index (χ4n) is 3.75. The molecule has 0 amide bonds. The van der Waals surface area contributed by atoms with Gasteiger partial charge in [-0.25, -0.2) is 18.2 Å². The summed E-state index contributed by atoms with van der Waals surface area (Å²) in [6, 6.07) is 8.02. The summed E-state index contributed by atoms with van der Waals surface area (Å²) in [5, 5.41) is 5.18. The summed E-state index contributed by atoms with van der Waals surface area (Å²) in [5.41, 5.74) is 2.44. The van der Waals surface area contributed by atoms with E-state index in [0.29, 0.717) is 16.5 Å². The van der Waals surface area contributed by atoms with Crippen LogP contribution in [0.15, 0.2) is 60.0 Å². The standard InChI is InChI=1S/C24H18F3N3OS/c1-31-17-11-18(26)21(19(27)12-17)22-23(28-16-9-7-15(25)8-10-16)30-20(13-32-24(30)29-22)14-5-3-2-4-6-14/h2-3,5,7-13,28H,4,6H2,1H3. The molecule has 0 unspecified atom stereocenters. The molecule has 0 saturated carbocycles. The van der Waals surface area contributed by atoms with E-state index in [1.807, 2.05) is 21.9 Å². The number of aromatic nitrogens is 2. The molecule has 2 aromatic heterocycles. The lowest BCUT2D eigenvalue weighted by Gasteiger charge is -2.13. The fourth-order valence-corrected chi connectivity index (χ4v) is 4.67. The van der Waals surface area contributed by atoms with Crippen molar-refractivity contribution in [2.24, 2.45) is 0 Å². The van der Waals surface area contributed by atoms with E-state index in [9.17, 15) is 13.2 Å². The van der Waals surface area contributed by atoms with Gasteiger partial charge in [0.05, 0.1) is 18.4 Å². The van der Waals surface area contributed by atoms with E-state index in [1.54, 1.807) is 12.1 Å². The Balaban J connectivity index is 1.74. The van der Waals surface area contributed by atoms with E-state index in [-0.39, 0.29) is 22.8 Å². The minimum absolute atomic E-state index is 0.0812. The molecular weight excluding hydrogens is 435 g/mol. The van der Waals surface area contributed by atoms with Gasteiger partial charge < -0.3 is 10.1 Å². The molecule has 8 heteroatoms. The Morgan fingerprint density at radius 2 is 1.84 bits per heavy atom. The molecule has 1 aliphatic rings. The van der Waals surface area contributed by atoms with Crippen molar-refractivity contribution >= 4 is 33.4 Å². The van der Waals surface area contributed by atoms with Gasteiger partial charge in [0.2, 0.25) is 0 Å². The molecule has 162 valence electrons. The molecule has 0 fully saturated rings. The predicted molar refractivity (Wildman–Crippen MR) is 121 cm³/mol. The van der Waals surface area contributed by atoms with Crippen molar-refractivity contribution in [2.75, 3.05) is 12.4 Å². The average Bonchev–Trinajstić information content (AvgIpc) is 3.35. The van der Waals surface area contributed by atoms with Gasteiger partial charge in [-0.05, 0) is 42.7 Å². The average molecular weight is 453 g/mol. The molecule has 2 aromatic carbocycles. The molecule has 0 aliphatic heterocycles. The van der Waals surface area contributed by atoms with Crippen molar-refractivity contribution in [3.05, 3.63) is 83.2 Å². The normalized spacial score (nSPS) is 13.4. The molecular formula is C24H18F3N3OS. The van der Waals surface area contributed by atoms with Gasteiger partial charge in [-0.15, -0.1) is 11.3 Å². The third-order valence-corrected chi connectivity index (χ3v) is 6.13. The van der Waals surface area contributed by atoms with Crippen LogP contribution in [0, 0.1) is 17.5 Å². The number of imidazole rings is 1. The second-order valence-corrected chi connectivity index (χ2v) is 8.14. The highest BCUT2D eigenvalue weighted by molar-refractivity contribution is 7.15. The van der Waals surface area contributed by atoms with Crippen molar-refractivity contribution in [1.29, 1.82) is 0 Å². The van der Waals surface area contributed by atoms with Gasteiger partial charge in [0.1, 0.15) is 34.7 Å². The number of rotatable bonds is 5. The Morgan fingerprint density at radius 1 is 1.09 bits per heavy atom. The van der Waals surface area contributed by atoms with Crippen molar-refractivity contribution in [3.63, 3.8) is 0 Å². The molecule has 1 N–H and O–H groups in total. The van der Waals surface area contributed by atoms with Crippen molar-refractivity contribution in [2.45, 2.75) is 12.8 Å². The smallest absolute Gasteiger partial charge is 0.196 e. The third kappa shape index (κ3) is 3.56. The summed E-state index contributed by atoms with van der Waals surface area (Å²) >= 11 is 1.39. The van der Waals surface area contributed by atoms with Crippen LogP contribution in [-0.2, 0) is 0 Å². The number of allylic oxidation sites excluding steroid dienone is 4. The largest absolute Gasteiger partial charge is 0.497 e. The number of halogens is 3. The van der Waals surface area contributed by atoms with Crippen LogP contribution in [0.25, 0.3) is 21.8 Å². The monoisotopic (exact) mass is 453 g/mol. The minimum atomic E-state index is -0.781. The summed E-state index contributed by atoms with van der Waals surface area (Å²) in [4.78, 5) is 5.16. The second-order valence-electron chi connectivity index (χ2n) is 7.30. The molecule has 0 radical (unpaired) electrons. The molecule has 4 nitrogen and oxygen atoms in total. The zero-order chi connectivity index (χ0) is 22.2. The minimum Gasteiger partial charge on any atom is -0.497 e.